The van der Waals surface area contributed by atoms with Gasteiger partial charge in [-0.3, -0.25) is 4.79 Å². The molecule has 0 N–H and O–H groups in total. The molecule has 0 saturated carbocycles. The van der Waals surface area contributed by atoms with E-state index in [-0.39, 0.29) is 5.78 Å². The van der Waals surface area contributed by atoms with Gasteiger partial charge in [-0.15, -0.1) is 12.1 Å². The number of hydrogen-bond donors (Lipinski definition) is 0. The quantitative estimate of drug-likeness (QED) is 0.444. The molecule has 0 radical (unpaired) electrons. The Morgan fingerprint density at radius 2 is 2.00 bits per heavy atom. The summed E-state index contributed by atoms with van der Waals surface area (Å²) in [5, 5.41) is 0. The van der Waals surface area contributed by atoms with E-state index in [0.717, 1.165) is 0 Å². The Hall–Kier alpha value is -1.31. The third-order valence-electron chi connectivity index (χ3n) is 2.73. The first kappa shape index (κ1) is 14.7. The maximum absolute atomic E-state index is 12.2. The number of methoxy groups -OCH3 is 2. The summed E-state index contributed by atoms with van der Waals surface area (Å²) in [6, 6.07) is 0. The van der Waals surface area contributed by atoms with Crippen molar-refractivity contribution in [2.24, 2.45) is 0 Å². The minimum Gasteiger partial charge on any atom is -0.496 e. The van der Waals surface area contributed by atoms with Gasteiger partial charge in [-0.05, 0) is 0 Å². The minimum atomic E-state index is -1.51. The Kier molecular flexibility index (Phi) is 4.20. The van der Waals surface area contributed by atoms with E-state index in [0.29, 0.717) is 17.8 Å². The highest BCUT2D eigenvalue weighted by Crippen LogP contribution is 2.41. The lowest BCUT2D eigenvalue weighted by Crippen LogP contribution is -2.52. The fourth-order valence-corrected chi connectivity index (χ4v) is 2.34. The topological polar surface area (TPSA) is 35.5 Å². The molecule has 1 rings (SSSR count). The van der Waals surface area contributed by atoms with Gasteiger partial charge in [-0.2, -0.15) is 0 Å². The molecule has 3 nitrogen and oxygen atoms in total. The number of Topliss-reactive ketones (excluding diaryl/α,β-unsaturated/α-hetero) is 1. The molecule has 0 aromatic heterocycles. The van der Waals surface area contributed by atoms with Gasteiger partial charge in [-0.25, -0.2) is 0 Å². The number of carbonyl (C=O) groups is 1. The van der Waals surface area contributed by atoms with E-state index in [4.69, 9.17) is 9.47 Å². The Balaban J connectivity index is 3.19. The third kappa shape index (κ3) is 2.42. The molecule has 98 valence electrons. The van der Waals surface area contributed by atoms with Gasteiger partial charge >= 0.3 is 0 Å². The van der Waals surface area contributed by atoms with E-state index in [1.165, 1.54) is 14.2 Å². The zero-order chi connectivity index (χ0) is 14.0. The number of ketones is 1. The van der Waals surface area contributed by atoms with Gasteiger partial charge in [0.15, 0.2) is 11.4 Å². The predicted molar refractivity (Wildman–Crippen MR) is 74.7 cm³/mol. The van der Waals surface area contributed by atoms with E-state index < -0.39 is 13.7 Å². The lowest BCUT2D eigenvalue weighted by atomic mass is 9.75. The molecule has 0 saturated heterocycles. The van der Waals surface area contributed by atoms with Crippen LogP contribution in [0.1, 0.15) is 6.42 Å². The second-order valence-corrected chi connectivity index (χ2v) is 10.0. The summed E-state index contributed by atoms with van der Waals surface area (Å²) in [6.45, 7) is 10.0. The number of hydrogen-bond acceptors (Lipinski definition) is 3. The molecule has 0 heterocycles. The molecule has 0 aliphatic heterocycles. The summed E-state index contributed by atoms with van der Waals surface area (Å²) in [7, 11) is 1.53. The van der Waals surface area contributed by atoms with Crippen molar-refractivity contribution in [3.05, 3.63) is 24.0 Å². The molecule has 0 aromatic rings. The smallest absolute Gasteiger partial charge is 0.214 e. The van der Waals surface area contributed by atoms with Crippen molar-refractivity contribution in [3.8, 4) is 11.5 Å². The largest absolute Gasteiger partial charge is 0.496 e. The van der Waals surface area contributed by atoms with E-state index in [9.17, 15) is 4.79 Å². The van der Waals surface area contributed by atoms with Crippen LogP contribution in [0.3, 0.4) is 0 Å². The maximum atomic E-state index is 12.2. The van der Waals surface area contributed by atoms with Crippen molar-refractivity contribution in [2.45, 2.75) is 31.7 Å². The van der Waals surface area contributed by atoms with Crippen LogP contribution in [0.4, 0.5) is 0 Å². The van der Waals surface area contributed by atoms with Crippen LogP contribution in [0.2, 0.25) is 19.6 Å². The Morgan fingerprint density at radius 3 is 2.39 bits per heavy atom. The molecule has 0 fully saturated rings. The van der Waals surface area contributed by atoms with E-state index in [2.05, 4.69) is 37.7 Å². The summed E-state index contributed by atoms with van der Waals surface area (Å²) in [5.41, 5.74) is 2.62. The molecule has 4 heteroatoms. The second kappa shape index (κ2) is 5.13. The first-order valence-electron chi connectivity index (χ1n) is 5.85. The molecular formula is C14H20O3Si. The highest BCUT2D eigenvalue weighted by atomic mass is 28.3. The SMILES string of the molecule is C=CCC1(OC)C(=O)C(C#C[Si](C)(C)C)=C1OC. The standard InChI is InChI=1S/C14H20O3Si/c1-7-9-14(17-3)12(15)11(13(14)16-2)8-10-18(4,5)6/h7H,1,9H2,2-6H3. The van der Waals surface area contributed by atoms with Crippen molar-refractivity contribution >= 4 is 13.9 Å². The van der Waals surface area contributed by atoms with Crippen LogP contribution in [0.15, 0.2) is 24.0 Å². The van der Waals surface area contributed by atoms with Gasteiger partial charge in [0.2, 0.25) is 5.78 Å². The van der Waals surface area contributed by atoms with Crippen molar-refractivity contribution in [1.29, 1.82) is 0 Å². The monoisotopic (exact) mass is 264 g/mol. The highest BCUT2D eigenvalue weighted by molar-refractivity contribution is 6.84. The van der Waals surface area contributed by atoms with Crippen molar-refractivity contribution < 1.29 is 14.3 Å². The van der Waals surface area contributed by atoms with Crippen LogP contribution in [-0.2, 0) is 14.3 Å². The number of rotatable bonds is 4. The molecule has 0 bridgehead atoms. The molecule has 0 spiro atoms. The minimum absolute atomic E-state index is 0.104. The summed E-state index contributed by atoms with van der Waals surface area (Å²) in [5.74, 6) is 3.38. The zero-order valence-corrected chi connectivity index (χ0v) is 12.7. The highest BCUT2D eigenvalue weighted by Gasteiger charge is 2.55. The molecule has 0 aromatic carbocycles. The van der Waals surface area contributed by atoms with Crippen LogP contribution in [0.25, 0.3) is 0 Å². The van der Waals surface area contributed by atoms with Crippen molar-refractivity contribution in [3.63, 3.8) is 0 Å². The van der Waals surface area contributed by atoms with Gasteiger partial charge in [0.1, 0.15) is 13.6 Å². The zero-order valence-electron chi connectivity index (χ0n) is 11.7. The lowest BCUT2D eigenvalue weighted by molar-refractivity contribution is -0.142. The molecule has 1 unspecified atom stereocenters. The van der Waals surface area contributed by atoms with Gasteiger partial charge < -0.3 is 9.47 Å². The maximum Gasteiger partial charge on any atom is 0.214 e. The van der Waals surface area contributed by atoms with Crippen LogP contribution in [0.5, 0.6) is 0 Å². The third-order valence-corrected chi connectivity index (χ3v) is 3.61. The molecule has 1 aliphatic rings. The molecule has 18 heavy (non-hydrogen) atoms. The van der Waals surface area contributed by atoms with Crippen molar-refractivity contribution in [1.82, 2.24) is 0 Å². The van der Waals surface area contributed by atoms with Crippen LogP contribution >= 0.6 is 0 Å². The normalized spacial score (nSPS) is 23.1. The Bertz CT molecular complexity index is 460. The summed E-state index contributed by atoms with van der Waals surface area (Å²) in [6.07, 6.45) is 2.06. The average molecular weight is 264 g/mol. The Morgan fingerprint density at radius 1 is 1.39 bits per heavy atom. The number of ether oxygens (including phenoxy) is 2. The number of carbonyl (C=O) groups excluding carboxylic acids is 1. The van der Waals surface area contributed by atoms with Gasteiger partial charge in [0, 0.05) is 13.5 Å². The van der Waals surface area contributed by atoms with E-state index in [1.807, 2.05) is 0 Å². The summed E-state index contributed by atoms with van der Waals surface area (Å²) in [4.78, 5) is 12.2. The van der Waals surface area contributed by atoms with E-state index >= 15 is 0 Å². The van der Waals surface area contributed by atoms with Gasteiger partial charge in [-0.1, -0.05) is 31.6 Å². The predicted octanol–water partition coefficient (Wildman–Crippen LogP) is 2.31. The second-order valence-electron chi connectivity index (χ2n) is 5.26. The summed E-state index contributed by atoms with van der Waals surface area (Å²) >= 11 is 0. The summed E-state index contributed by atoms with van der Waals surface area (Å²) < 4.78 is 10.6. The lowest BCUT2D eigenvalue weighted by Gasteiger charge is -2.39. The first-order valence-corrected chi connectivity index (χ1v) is 9.35. The van der Waals surface area contributed by atoms with Crippen LogP contribution in [0, 0.1) is 11.5 Å². The van der Waals surface area contributed by atoms with Gasteiger partial charge in [0.25, 0.3) is 0 Å². The fourth-order valence-electron chi connectivity index (χ4n) is 1.84. The molecule has 1 aliphatic carbocycles. The average Bonchev–Trinajstić information content (AvgIpc) is 2.29. The molecule has 1 atom stereocenters. The van der Waals surface area contributed by atoms with Crippen molar-refractivity contribution in [2.75, 3.05) is 14.2 Å². The van der Waals surface area contributed by atoms with Crippen LogP contribution in [-0.4, -0.2) is 33.7 Å². The van der Waals surface area contributed by atoms with Gasteiger partial charge in [0.05, 0.1) is 7.11 Å². The fraction of sp³-hybridized carbons (Fsp3) is 0.500. The first-order chi connectivity index (χ1) is 8.32. The van der Waals surface area contributed by atoms with Crippen LogP contribution < -0.4 is 0 Å². The Labute approximate surface area is 110 Å². The molecule has 0 amide bonds. The molecular weight excluding hydrogens is 244 g/mol. The van der Waals surface area contributed by atoms with E-state index in [1.54, 1.807) is 6.08 Å².